The van der Waals surface area contributed by atoms with Gasteiger partial charge in [0.05, 0.1) is 0 Å². The summed E-state index contributed by atoms with van der Waals surface area (Å²) in [5.41, 5.74) is 0. The summed E-state index contributed by atoms with van der Waals surface area (Å²) < 4.78 is 18.4. The first-order chi connectivity index (χ1) is 2.00. The van der Waals surface area contributed by atoms with Crippen LogP contribution in [-0.2, 0) is 10.2 Å². The van der Waals surface area contributed by atoms with Crippen LogP contribution < -0.4 is 39.8 Å². The van der Waals surface area contributed by atoms with Crippen LogP contribution in [-0.4, -0.2) is 8.42 Å². The molecule has 4 nitrogen and oxygen atoms in total. The van der Waals surface area contributed by atoms with Crippen LogP contribution in [0.2, 0.25) is 0 Å². The van der Waals surface area contributed by atoms with Crippen LogP contribution in [0.4, 0.5) is 0 Å². The van der Waals surface area contributed by atoms with Crippen LogP contribution in [0.3, 0.4) is 0 Å². The molecule has 0 aromatic rings. The van der Waals surface area contributed by atoms with Gasteiger partial charge in [-0.1, -0.05) is 0 Å². The fourth-order valence-electron chi connectivity index (χ4n) is 0. The summed E-state index contributed by atoms with van der Waals surface area (Å²) in [5.74, 6) is 0. The van der Waals surface area contributed by atoms with Crippen LogP contribution in [0.1, 0.15) is 1.43 Å². The first-order valence-corrected chi connectivity index (χ1v) is 2.41. The van der Waals surface area contributed by atoms with Gasteiger partial charge in [-0.15, -0.1) is 0 Å². The standard InChI is InChI=1S/H4N2O2S.Na.H/c1-5(2,3)4;;/h(H4,1,2,3,4);;/q;+1;-1. The van der Waals surface area contributed by atoms with Crippen LogP contribution in [0.25, 0.3) is 0 Å². The largest absolute Gasteiger partial charge is 1.00 e. The summed E-state index contributed by atoms with van der Waals surface area (Å²) in [6.45, 7) is 0. The Morgan fingerprint density at radius 3 is 1.33 bits per heavy atom. The maximum absolute atomic E-state index is 9.19. The maximum Gasteiger partial charge on any atom is 1.00 e. The van der Waals surface area contributed by atoms with Crippen LogP contribution in [0, 0.1) is 0 Å². The van der Waals surface area contributed by atoms with E-state index in [0.29, 0.717) is 0 Å². The van der Waals surface area contributed by atoms with Crippen LogP contribution in [0.5, 0.6) is 0 Å². The summed E-state index contributed by atoms with van der Waals surface area (Å²) >= 11 is 0. The third-order valence-electron chi connectivity index (χ3n) is 0. The monoisotopic (exact) mass is 120 g/mol. The zero-order chi connectivity index (χ0) is 4.50. The molecule has 0 bridgehead atoms. The van der Waals surface area contributed by atoms with Gasteiger partial charge in [0.25, 0.3) is 10.2 Å². The van der Waals surface area contributed by atoms with E-state index in [0.717, 1.165) is 0 Å². The van der Waals surface area contributed by atoms with Gasteiger partial charge in [0.2, 0.25) is 0 Å². The van der Waals surface area contributed by atoms with Crippen molar-refractivity contribution in [1.82, 2.24) is 0 Å². The fourth-order valence-corrected chi connectivity index (χ4v) is 0. The first kappa shape index (κ1) is 9.98. The van der Waals surface area contributed by atoms with E-state index in [-0.39, 0.29) is 31.0 Å². The maximum atomic E-state index is 9.19. The first-order valence-electron chi connectivity index (χ1n) is 0.805. The second-order valence-corrected chi connectivity index (χ2v) is 1.77. The van der Waals surface area contributed by atoms with Gasteiger partial charge in [0, 0.05) is 0 Å². The van der Waals surface area contributed by atoms with Gasteiger partial charge in [-0.3, -0.25) is 0 Å². The molecule has 0 amide bonds. The zero-order valence-corrected chi connectivity index (χ0v) is 6.20. The molecule has 0 fully saturated rings. The smallest absolute Gasteiger partial charge is 1.00 e. The third kappa shape index (κ3) is 96.4. The Morgan fingerprint density at radius 2 is 1.33 bits per heavy atom. The number of hydrogen-bond acceptors (Lipinski definition) is 2. The van der Waals surface area contributed by atoms with E-state index in [9.17, 15) is 8.42 Å². The van der Waals surface area contributed by atoms with Gasteiger partial charge in [0.15, 0.2) is 0 Å². The van der Waals surface area contributed by atoms with E-state index in [1.54, 1.807) is 0 Å². The molecule has 0 atom stereocenters. The molecule has 0 rings (SSSR count). The molecule has 0 unspecified atom stereocenters. The number of nitrogens with two attached hydrogens (primary N) is 2. The molecule has 0 spiro atoms. The quantitative estimate of drug-likeness (QED) is 0.314. The molecule has 0 aromatic heterocycles. The molecule has 0 aromatic carbocycles. The van der Waals surface area contributed by atoms with Crippen molar-refractivity contribution in [1.29, 1.82) is 0 Å². The summed E-state index contributed by atoms with van der Waals surface area (Å²) in [6, 6.07) is 0. The van der Waals surface area contributed by atoms with Crippen molar-refractivity contribution in [3.63, 3.8) is 0 Å². The molecular weight excluding hydrogens is 115 g/mol. The molecule has 0 saturated heterocycles. The molecule has 0 radical (unpaired) electrons. The Morgan fingerprint density at radius 1 is 1.33 bits per heavy atom. The van der Waals surface area contributed by atoms with Gasteiger partial charge in [-0.25, -0.2) is 10.3 Å². The average Bonchev–Trinajstić information content (AvgIpc) is 0.722. The van der Waals surface area contributed by atoms with Crippen molar-refractivity contribution < 1.29 is 39.4 Å². The summed E-state index contributed by atoms with van der Waals surface area (Å²) in [6.07, 6.45) is 0. The van der Waals surface area contributed by atoms with Gasteiger partial charge in [-0.05, 0) is 0 Å². The molecule has 4 N–H and O–H groups in total. The van der Waals surface area contributed by atoms with Gasteiger partial charge >= 0.3 is 29.6 Å². The van der Waals surface area contributed by atoms with E-state index >= 15 is 0 Å². The Balaban J connectivity index is -0.0000000800. The Bertz CT molecular complexity index is 98.9. The molecular formula is H5N2NaO2S. The van der Waals surface area contributed by atoms with E-state index in [4.69, 9.17) is 0 Å². The summed E-state index contributed by atoms with van der Waals surface area (Å²) in [5, 5.41) is 8.21. The molecule has 0 aliphatic rings. The van der Waals surface area contributed by atoms with Crippen molar-refractivity contribution >= 4 is 10.2 Å². The van der Waals surface area contributed by atoms with Crippen molar-refractivity contribution in [2.24, 2.45) is 10.3 Å². The molecule has 0 aliphatic heterocycles. The molecule has 0 heterocycles. The Kier molecular flexibility index (Phi) is 4.91. The summed E-state index contributed by atoms with van der Waals surface area (Å²) in [7, 11) is -3.67. The van der Waals surface area contributed by atoms with E-state index in [2.05, 4.69) is 10.3 Å². The normalized spacial score (nSPS) is 9.67. The molecule has 6 heavy (non-hydrogen) atoms. The van der Waals surface area contributed by atoms with Crippen molar-refractivity contribution in [3.05, 3.63) is 0 Å². The second-order valence-electron chi connectivity index (χ2n) is 0.589. The van der Waals surface area contributed by atoms with Gasteiger partial charge in [0.1, 0.15) is 0 Å². The van der Waals surface area contributed by atoms with Crippen molar-refractivity contribution in [2.75, 3.05) is 0 Å². The molecule has 6 heteroatoms. The Labute approximate surface area is 59.8 Å². The minimum atomic E-state index is -3.67. The number of rotatable bonds is 0. The third-order valence-corrected chi connectivity index (χ3v) is 0. The van der Waals surface area contributed by atoms with Crippen molar-refractivity contribution in [2.45, 2.75) is 0 Å². The van der Waals surface area contributed by atoms with E-state index in [1.807, 2.05) is 0 Å². The molecule has 34 valence electrons. The Hall–Kier alpha value is 0.870. The van der Waals surface area contributed by atoms with Crippen molar-refractivity contribution in [3.8, 4) is 0 Å². The van der Waals surface area contributed by atoms with E-state index < -0.39 is 10.2 Å². The summed E-state index contributed by atoms with van der Waals surface area (Å²) in [4.78, 5) is 0. The average molecular weight is 120 g/mol. The minimum Gasteiger partial charge on any atom is -1.00 e. The second kappa shape index (κ2) is 2.95. The minimum absolute atomic E-state index is 0. The van der Waals surface area contributed by atoms with Crippen LogP contribution in [0.15, 0.2) is 0 Å². The SMILES string of the molecule is NS(N)(=O)=O.[H-].[Na+]. The number of hydrogen-bond donors (Lipinski definition) is 2. The fraction of sp³-hybridized carbons (Fsp3) is 0. The molecule has 0 aliphatic carbocycles. The van der Waals surface area contributed by atoms with Crippen LogP contribution >= 0.6 is 0 Å². The topological polar surface area (TPSA) is 86.2 Å². The predicted octanol–water partition coefficient (Wildman–Crippen LogP) is -4.73. The molecule has 0 saturated carbocycles. The zero-order valence-electron chi connectivity index (χ0n) is 4.38. The van der Waals surface area contributed by atoms with Gasteiger partial charge < -0.3 is 1.43 Å². The van der Waals surface area contributed by atoms with Gasteiger partial charge in [-0.2, -0.15) is 8.42 Å². The van der Waals surface area contributed by atoms with E-state index in [1.165, 1.54) is 0 Å². The predicted molar refractivity (Wildman–Crippen MR) is 18.4 cm³/mol.